The highest BCUT2D eigenvalue weighted by Crippen LogP contribution is 2.11. The SMILES string of the molecule is O=C1C=NC2C=C(O)C=CC2=N1. The molecule has 0 saturated heterocycles. The van der Waals surface area contributed by atoms with Crippen molar-refractivity contribution in [3.05, 3.63) is 24.0 Å². The summed E-state index contributed by atoms with van der Waals surface area (Å²) < 4.78 is 0. The Balaban J connectivity index is 2.38. The molecule has 60 valence electrons. The highest BCUT2D eigenvalue weighted by molar-refractivity contribution is 6.32. The number of fused-ring (bicyclic) bond motifs is 1. The van der Waals surface area contributed by atoms with E-state index in [1.165, 1.54) is 6.08 Å². The van der Waals surface area contributed by atoms with Gasteiger partial charge >= 0.3 is 0 Å². The maximum Gasteiger partial charge on any atom is 0.288 e. The van der Waals surface area contributed by atoms with Gasteiger partial charge in [0.25, 0.3) is 5.91 Å². The van der Waals surface area contributed by atoms with Gasteiger partial charge in [-0.1, -0.05) is 0 Å². The van der Waals surface area contributed by atoms with Crippen molar-refractivity contribution >= 4 is 17.8 Å². The summed E-state index contributed by atoms with van der Waals surface area (Å²) in [5.74, 6) is -0.189. The minimum absolute atomic E-state index is 0.158. The zero-order valence-electron chi connectivity index (χ0n) is 6.14. The van der Waals surface area contributed by atoms with Crippen LogP contribution in [0.15, 0.2) is 34.0 Å². The van der Waals surface area contributed by atoms with Crippen molar-refractivity contribution in [1.29, 1.82) is 0 Å². The van der Waals surface area contributed by atoms with Crippen LogP contribution in [-0.2, 0) is 4.79 Å². The van der Waals surface area contributed by atoms with Crippen molar-refractivity contribution in [3.63, 3.8) is 0 Å². The summed E-state index contributed by atoms with van der Waals surface area (Å²) in [5.41, 5.74) is 0.584. The average Bonchev–Trinajstić information content (AvgIpc) is 2.05. The molecule has 0 spiro atoms. The summed E-state index contributed by atoms with van der Waals surface area (Å²) >= 11 is 0. The summed E-state index contributed by atoms with van der Waals surface area (Å²) in [5, 5.41) is 9.07. The molecule has 4 nitrogen and oxygen atoms in total. The summed E-state index contributed by atoms with van der Waals surface area (Å²) in [6.45, 7) is 0. The van der Waals surface area contributed by atoms with Crippen LogP contribution in [0.4, 0.5) is 0 Å². The molecule has 12 heavy (non-hydrogen) atoms. The van der Waals surface area contributed by atoms with Gasteiger partial charge in [0.1, 0.15) is 11.8 Å². The zero-order valence-corrected chi connectivity index (χ0v) is 6.14. The number of hydrogen-bond acceptors (Lipinski definition) is 3. The largest absolute Gasteiger partial charge is 0.508 e. The van der Waals surface area contributed by atoms with Gasteiger partial charge in [-0.25, -0.2) is 4.99 Å². The predicted molar refractivity (Wildman–Crippen MR) is 44.6 cm³/mol. The lowest BCUT2D eigenvalue weighted by Gasteiger charge is -2.14. The molecule has 0 aromatic carbocycles. The first-order chi connectivity index (χ1) is 5.75. The minimum Gasteiger partial charge on any atom is -0.508 e. The van der Waals surface area contributed by atoms with E-state index >= 15 is 0 Å². The van der Waals surface area contributed by atoms with Crippen LogP contribution in [0.5, 0.6) is 0 Å². The van der Waals surface area contributed by atoms with Crippen molar-refractivity contribution in [2.75, 3.05) is 0 Å². The molecular formula is C8H6N2O2. The van der Waals surface area contributed by atoms with E-state index in [2.05, 4.69) is 9.98 Å². The quantitative estimate of drug-likeness (QED) is 0.561. The van der Waals surface area contributed by atoms with Gasteiger partial charge < -0.3 is 5.11 Å². The van der Waals surface area contributed by atoms with Crippen LogP contribution in [0, 0.1) is 0 Å². The van der Waals surface area contributed by atoms with Crippen LogP contribution < -0.4 is 0 Å². The molecule has 1 heterocycles. The molecule has 0 radical (unpaired) electrons. The van der Waals surface area contributed by atoms with E-state index in [1.54, 1.807) is 12.2 Å². The second kappa shape index (κ2) is 2.41. The number of carbonyl (C=O) groups is 1. The van der Waals surface area contributed by atoms with Gasteiger partial charge in [-0.15, -0.1) is 0 Å². The molecule has 4 heteroatoms. The molecule has 1 aliphatic carbocycles. The topological polar surface area (TPSA) is 62.0 Å². The maximum atomic E-state index is 10.7. The van der Waals surface area contributed by atoms with E-state index in [0.717, 1.165) is 6.21 Å². The van der Waals surface area contributed by atoms with Gasteiger partial charge in [-0.2, -0.15) is 0 Å². The number of carbonyl (C=O) groups excluding carboxylic acids is 1. The standard InChI is InChI=1S/C8H6N2O2/c11-5-1-2-6-7(3-5)9-4-8(12)10-6/h1-4,7,11H. The van der Waals surface area contributed by atoms with Crippen molar-refractivity contribution in [1.82, 2.24) is 0 Å². The molecule has 1 N–H and O–H groups in total. The summed E-state index contributed by atoms with van der Waals surface area (Å²) in [4.78, 5) is 18.4. The van der Waals surface area contributed by atoms with Gasteiger partial charge in [-0.3, -0.25) is 9.79 Å². The maximum absolute atomic E-state index is 10.7. The number of amides is 1. The second-order valence-electron chi connectivity index (χ2n) is 2.52. The molecule has 1 amide bonds. The van der Waals surface area contributed by atoms with Crippen LogP contribution in [0.25, 0.3) is 0 Å². The van der Waals surface area contributed by atoms with E-state index in [4.69, 9.17) is 5.11 Å². The summed E-state index contributed by atoms with van der Waals surface area (Å²) in [6, 6.07) is -0.285. The van der Waals surface area contributed by atoms with Crippen molar-refractivity contribution in [3.8, 4) is 0 Å². The van der Waals surface area contributed by atoms with Crippen molar-refractivity contribution in [2.45, 2.75) is 6.04 Å². The molecule has 1 aliphatic heterocycles. The van der Waals surface area contributed by atoms with Crippen LogP contribution in [0.1, 0.15) is 0 Å². The van der Waals surface area contributed by atoms with Crippen LogP contribution in [0.2, 0.25) is 0 Å². The highest BCUT2D eigenvalue weighted by atomic mass is 16.3. The lowest BCUT2D eigenvalue weighted by Crippen LogP contribution is -2.23. The fraction of sp³-hybridized carbons (Fsp3) is 0.125. The number of rotatable bonds is 0. The number of aliphatic hydroxyl groups excluding tert-OH is 1. The third-order valence-electron chi connectivity index (χ3n) is 1.64. The molecule has 0 saturated carbocycles. The Morgan fingerprint density at radius 3 is 3.08 bits per heavy atom. The van der Waals surface area contributed by atoms with E-state index in [-0.39, 0.29) is 17.7 Å². The first-order valence-corrected chi connectivity index (χ1v) is 3.50. The van der Waals surface area contributed by atoms with Gasteiger partial charge in [0, 0.05) is 0 Å². The van der Waals surface area contributed by atoms with Crippen LogP contribution in [-0.4, -0.2) is 29.0 Å². The van der Waals surface area contributed by atoms with Gasteiger partial charge in [-0.05, 0) is 18.2 Å². The molecule has 2 rings (SSSR count). The van der Waals surface area contributed by atoms with Crippen molar-refractivity contribution < 1.29 is 9.90 Å². The predicted octanol–water partition coefficient (Wildman–Crippen LogP) is 0.419. The Morgan fingerprint density at radius 1 is 1.42 bits per heavy atom. The van der Waals surface area contributed by atoms with E-state index in [9.17, 15) is 4.79 Å². The van der Waals surface area contributed by atoms with E-state index < -0.39 is 0 Å². The van der Waals surface area contributed by atoms with Gasteiger partial charge in [0.05, 0.1) is 11.9 Å². The first kappa shape index (κ1) is 6.97. The molecule has 1 unspecified atom stereocenters. The second-order valence-corrected chi connectivity index (χ2v) is 2.52. The smallest absolute Gasteiger partial charge is 0.288 e. The normalized spacial score (nSPS) is 26.3. The number of aliphatic imine (C=N–C) groups is 2. The highest BCUT2D eigenvalue weighted by Gasteiger charge is 2.18. The Morgan fingerprint density at radius 2 is 2.25 bits per heavy atom. The molecule has 0 aromatic rings. The first-order valence-electron chi connectivity index (χ1n) is 3.50. The summed E-state index contributed by atoms with van der Waals surface area (Å²) in [6.07, 6.45) is 5.79. The number of hydrogen-bond donors (Lipinski definition) is 1. The number of allylic oxidation sites excluding steroid dienone is 1. The fourth-order valence-corrected chi connectivity index (χ4v) is 1.10. The molecule has 1 atom stereocenters. The van der Waals surface area contributed by atoms with Crippen LogP contribution in [0.3, 0.4) is 0 Å². The Labute approximate surface area is 68.6 Å². The van der Waals surface area contributed by atoms with Gasteiger partial charge in [0.2, 0.25) is 0 Å². The van der Waals surface area contributed by atoms with Gasteiger partial charge in [0.15, 0.2) is 0 Å². The Kier molecular flexibility index (Phi) is 1.40. The van der Waals surface area contributed by atoms with Crippen molar-refractivity contribution in [2.24, 2.45) is 9.98 Å². The number of nitrogens with zero attached hydrogens (tertiary/aromatic N) is 2. The minimum atomic E-state index is -0.347. The third-order valence-corrected chi connectivity index (χ3v) is 1.64. The Bertz CT molecular complexity index is 350. The Hall–Kier alpha value is -1.71. The molecular weight excluding hydrogens is 156 g/mol. The van der Waals surface area contributed by atoms with E-state index in [1.807, 2.05) is 0 Å². The fourth-order valence-electron chi connectivity index (χ4n) is 1.10. The monoisotopic (exact) mass is 162 g/mol. The summed E-state index contributed by atoms with van der Waals surface area (Å²) in [7, 11) is 0. The average molecular weight is 162 g/mol. The third kappa shape index (κ3) is 1.07. The lowest BCUT2D eigenvalue weighted by atomic mass is 10.1. The number of aliphatic hydroxyl groups is 1. The molecule has 0 fully saturated rings. The van der Waals surface area contributed by atoms with E-state index in [0.29, 0.717) is 5.71 Å². The van der Waals surface area contributed by atoms with Crippen LogP contribution >= 0.6 is 0 Å². The zero-order chi connectivity index (χ0) is 8.55. The molecule has 0 bridgehead atoms. The molecule has 2 aliphatic rings. The molecule has 0 aromatic heterocycles. The lowest BCUT2D eigenvalue weighted by molar-refractivity contribution is -0.111.